The minimum absolute atomic E-state index is 0.0134. The van der Waals surface area contributed by atoms with Gasteiger partial charge in [-0.3, -0.25) is 14.9 Å². The Bertz CT molecular complexity index is 591. The number of nitro benzene ring substituents is 1. The Morgan fingerprint density at radius 3 is 2.76 bits per heavy atom. The van der Waals surface area contributed by atoms with E-state index >= 15 is 0 Å². The molecule has 0 unspecified atom stereocenters. The molecule has 7 nitrogen and oxygen atoms in total. The van der Waals surface area contributed by atoms with Gasteiger partial charge < -0.3 is 15.5 Å². The summed E-state index contributed by atoms with van der Waals surface area (Å²) in [6, 6.07) is 2.40. The minimum Gasteiger partial charge on any atom is -0.393 e. The van der Waals surface area contributed by atoms with E-state index in [0.717, 1.165) is 12.8 Å². The second-order valence-corrected chi connectivity index (χ2v) is 5.61. The zero-order valence-electron chi connectivity index (χ0n) is 11.9. The summed E-state index contributed by atoms with van der Waals surface area (Å²) in [5.41, 5.74) is 6.11. The van der Waals surface area contributed by atoms with Gasteiger partial charge in [0.05, 0.1) is 15.6 Å². The normalized spacial score (nSPS) is 17.9. The summed E-state index contributed by atoms with van der Waals surface area (Å²) in [5, 5.41) is 11.1. The topological polar surface area (TPSA) is 92.7 Å². The maximum Gasteiger partial charge on any atom is 0.293 e. The van der Waals surface area contributed by atoms with Crippen LogP contribution >= 0.6 is 11.6 Å². The molecule has 1 aliphatic heterocycles. The molecule has 0 aliphatic carbocycles. The number of hydrogen-bond acceptors (Lipinski definition) is 5. The number of halogens is 1. The predicted octanol–water partition coefficient (Wildman–Crippen LogP) is 1.89. The molecule has 0 aromatic heterocycles. The number of carbonyl (C=O) groups excluding carboxylic acids is 1. The van der Waals surface area contributed by atoms with Crippen LogP contribution in [0.1, 0.15) is 12.8 Å². The van der Waals surface area contributed by atoms with Gasteiger partial charge in [-0.05, 0) is 18.9 Å². The van der Waals surface area contributed by atoms with Gasteiger partial charge in [0.15, 0.2) is 0 Å². The number of anilines is 2. The van der Waals surface area contributed by atoms with Crippen molar-refractivity contribution in [3.8, 4) is 0 Å². The van der Waals surface area contributed by atoms with Crippen molar-refractivity contribution in [1.29, 1.82) is 0 Å². The van der Waals surface area contributed by atoms with Gasteiger partial charge in [-0.25, -0.2) is 0 Å². The van der Waals surface area contributed by atoms with Gasteiger partial charge in [0.2, 0.25) is 5.91 Å². The number of nitrogens with two attached hydrogens (primary N) is 1. The van der Waals surface area contributed by atoms with Crippen LogP contribution in [0, 0.1) is 10.1 Å². The Balaban J connectivity index is 2.39. The van der Waals surface area contributed by atoms with Crippen molar-refractivity contribution in [1.82, 2.24) is 4.90 Å². The number of nitrogen functional groups attached to an aromatic ring is 1. The standard InChI is InChI=1S/C13H17ClN4O3/c1-16(2)13(19)10-4-3-5-17(10)11-7-9(15)12(18(20)21)6-8(11)14/h6-7,10H,3-5,15H2,1-2H3/t10-/m0/s1. The minimum atomic E-state index is -0.572. The fraction of sp³-hybridized carbons (Fsp3) is 0.462. The highest BCUT2D eigenvalue weighted by Crippen LogP contribution is 2.38. The number of hydrogen-bond donors (Lipinski definition) is 1. The molecule has 1 heterocycles. The summed E-state index contributed by atoms with van der Waals surface area (Å²) < 4.78 is 0. The van der Waals surface area contributed by atoms with Crippen molar-refractivity contribution in [2.45, 2.75) is 18.9 Å². The average molecular weight is 313 g/mol. The number of carbonyl (C=O) groups is 1. The van der Waals surface area contributed by atoms with Crippen molar-refractivity contribution in [3.63, 3.8) is 0 Å². The molecule has 1 aliphatic rings. The highest BCUT2D eigenvalue weighted by atomic mass is 35.5. The zero-order chi connectivity index (χ0) is 15.7. The highest BCUT2D eigenvalue weighted by molar-refractivity contribution is 6.33. The van der Waals surface area contributed by atoms with Crippen molar-refractivity contribution in [2.24, 2.45) is 0 Å². The van der Waals surface area contributed by atoms with E-state index in [1.54, 1.807) is 14.1 Å². The van der Waals surface area contributed by atoms with Gasteiger partial charge in [-0.1, -0.05) is 11.6 Å². The van der Waals surface area contributed by atoms with Crippen LogP contribution in [0.2, 0.25) is 5.02 Å². The Morgan fingerprint density at radius 1 is 1.52 bits per heavy atom. The van der Waals surface area contributed by atoms with E-state index < -0.39 is 4.92 Å². The fourth-order valence-corrected chi connectivity index (χ4v) is 2.82. The first-order valence-electron chi connectivity index (χ1n) is 6.54. The predicted molar refractivity (Wildman–Crippen MR) is 81.6 cm³/mol. The van der Waals surface area contributed by atoms with Gasteiger partial charge in [0, 0.05) is 26.7 Å². The number of likely N-dealkylation sites (N-methyl/N-ethyl adjacent to an activating group) is 1. The Morgan fingerprint density at radius 2 is 2.19 bits per heavy atom. The van der Waals surface area contributed by atoms with E-state index in [0.29, 0.717) is 12.2 Å². The molecule has 1 amide bonds. The lowest BCUT2D eigenvalue weighted by atomic mass is 10.1. The fourth-order valence-electron chi connectivity index (χ4n) is 2.56. The van der Waals surface area contributed by atoms with E-state index in [-0.39, 0.29) is 28.3 Å². The quantitative estimate of drug-likeness (QED) is 0.522. The van der Waals surface area contributed by atoms with Gasteiger partial charge in [-0.2, -0.15) is 0 Å². The van der Waals surface area contributed by atoms with Crippen molar-refractivity contribution < 1.29 is 9.72 Å². The van der Waals surface area contributed by atoms with Crippen molar-refractivity contribution in [3.05, 3.63) is 27.3 Å². The van der Waals surface area contributed by atoms with Crippen LogP contribution in [-0.2, 0) is 4.79 Å². The molecule has 2 N–H and O–H groups in total. The SMILES string of the molecule is CN(C)C(=O)[C@@H]1CCCN1c1cc(N)c([N+](=O)[O-])cc1Cl. The highest BCUT2D eigenvalue weighted by Gasteiger charge is 2.33. The number of amides is 1. The summed E-state index contributed by atoms with van der Waals surface area (Å²) in [7, 11) is 3.40. The number of nitro groups is 1. The van der Waals surface area contributed by atoms with Gasteiger partial charge in [0.1, 0.15) is 11.7 Å². The molecule has 1 fully saturated rings. The Labute approximate surface area is 127 Å². The summed E-state index contributed by atoms with van der Waals surface area (Å²) in [4.78, 5) is 25.9. The number of benzene rings is 1. The number of rotatable bonds is 3. The van der Waals surface area contributed by atoms with Crippen LogP contribution < -0.4 is 10.6 Å². The first kappa shape index (κ1) is 15.4. The Hall–Kier alpha value is -2.02. The molecule has 1 saturated heterocycles. The Kier molecular flexibility index (Phi) is 4.22. The molecule has 8 heteroatoms. The summed E-state index contributed by atoms with van der Waals surface area (Å²) >= 11 is 6.15. The lowest BCUT2D eigenvalue weighted by Gasteiger charge is -2.28. The molecule has 0 saturated carbocycles. The van der Waals surface area contributed by atoms with E-state index in [9.17, 15) is 14.9 Å². The third kappa shape index (κ3) is 2.87. The molecule has 0 spiro atoms. The van der Waals surface area contributed by atoms with Crippen LogP contribution in [0.25, 0.3) is 0 Å². The molecular weight excluding hydrogens is 296 g/mol. The summed E-state index contributed by atoms with van der Waals surface area (Å²) in [6.07, 6.45) is 1.59. The van der Waals surface area contributed by atoms with Crippen LogP contribution in [0.3, 0.4) is 0 Å². The molecule has 0 radical (unpaired) electrons. The van der Waals surface area contributed by atoms with E-state index in [1.807, 2.05) is 4.90 Å². The third-order valence-electron chi connectivity index (χ3n) is 3.58. The van der Waals surface area contributed by atoms with E-state index in [4.69, 9.17) is 17.3 Å². The monoisotopic (exact) mass is 312 g/mol. The molecule has 0 bridgehead atoms. The molecule has 21 heavy (non-hydrogen) atoms. The molecular formula is C13H17ClN4O3. The smallest absolute Gasteiger partial charge is 0.293 e. The molecule has 2 rings (SSSR count). The second kappa shape index (κ2) is 5.77. The van der Waals surface area contributed by atoms with Crippen LogP contribution in [0.4, 0.5) is 17.1 Å². The van der Waals surface area contributed by atoms with Crippen LogP contribution in [0.5, 0.6) is 0 Å². The van der Waals surface area contributed by atoms with E-state index in [1.165, 1.54) is 17.0 Å². The van der Waals surface area contributed by atoms with Gasteiger partial charge in [-0.15, -0.1) is 0 Å². The summed E-state index contributed by atoms with van der Waals surface area (Å²) in [5.74, 6) is -0.0134. The summed E-state index contributed by atoms with van der Waals surface area (Å²) in [6.45, 7) is 0.668. The first-order valence-corrected chi connectivity index (χ1v) is 6.92. The first-order chi connectivity index (χ1) is 9.82. The van der Waals surface area contributed by atoms with Crippen LogP contribution in [-0.4, -0.2) is 42.4 Å². The molecule has 1 aromatic carbocycles. The lowest BCUT2D eigenvalue weighted by Crippen LogP contribution is -2.42. The molecule has 1 aromatic rings. The van der Waals surface area contributed by atoms with Gasteiger partial charge >= 0.3 is 0 Å². The third-order valence-corrected chi connectivity index (χ3v) is 3.88. The van der Waals surface area contributed by atoms with E-state index in [2.05, 4.69) is 0 Å². The zero-order valence-corrected chi connectivity index (χ0v) is 12.6. The largest absolute Gasteiger partial charge is 0.393 e. The maximum atomic E-state index is 12.2. The van der Waals surface area contributed by atoms with Crippen molar-refractivity contribution in [2.75, 3.05) is 31.3 Å². The number of nitrogens with zero attached hydrogens (tertiary/aromatic N) is 3. The van der Waals surface area contributed by atoms with Gasteiger partial charge in [0.25, 0.3) is 5.69 Å². The molecule has 1 atom stereocenters. The second-order valence-electron chi connectivity index (χ2n) is 5.20. The lowest BCUT2D eigenvalue weighted by molar-refractivity contribution is -0.383. The maximum absolute atomic E-state index is 12.2. The van der Waals surface area contributed by atoms with Crippen molar-refractivity contribution >= 4 is 34.6 Å². The average Bonchev–Trinajstić information content (AvgIpc) is 2.88. The van der Waals surface area contributed by atoms with Crippen LogP contribution in [0.15, 0.2) is 12.1 Å². The molecule has 114 valence electrons.